The van der Waals surface area contributed by atoms with Crippen molar-refractivity contribution in [2.45, 2.75) is 4.90 Å². The van der Waals surface area contributed by atoms with Crippen LogP contribution in [-0.4, -0.2) is 5.26 Å². The van der Waals surface area contributed by atoms with Gasteiger partial charge in [-0.2, -0.15) is 0 Å². The van der Waals surface area contributed by atoms with Gasteiger partial charge in [0.15, 0.2) is 0 Å². The minimum atomic E-state index is 0.671. The molecular formula is C7H6NO3S+. The molecule has 0 bridgehead atoms. The van der Waals surface area contributed by atoms with E-state index in [-0.39, 0.29) is 0 Å². The van der Waals surface area contributed by atoms with Crippen molar-refractivity contribution in [1.29, 1.82) is 0 Å². The molecule has 1 aromatic rings. The summed E-state index contributed by atoms with van der Waals surface area (Å²) in [7, 11) is 0. The van der Waals surface area contributed by atoms with Crippen LogP contribution in [0.5, 0.6) is 0 Å². The number of nitrogens with zero attached hydrogens (tertiary/aromatic N) is 1. The molecule has 4 nitrogen and oxygen atoms in total. The van der Waals surface area contributed by atoms with E-state index in [4.69, 9.17) is 11.8 Å². The maximum atomic E-state index is 7.85. The summed E-state index contributed by atoms with van der Waals surface area (Å²) in [4.78, 5) is 4.24. The van der Waals surface area contributed by atoms with E-state index in [2.05, 4.69) is 14.2 Å². The lowest BCUT2D eigenvalue weighted by Gasteiger charge is -1.93. The Morgan fingerprint density at radius 1 is 1.33 bits per heavy atom. The molecule has 0 heterocycles. The molecule has 0 aliphatic carbocycles. The van der Waals surface area contributed by atoms with E-state index in [1.807, 2.05) is 0 Å². The van der Waals surface area contributed by atoms with Crippen molar-refractivity contribution in [3.8, 4) is 6.57 Å². The quantitative estimate of drug-likeness (QED) is 0.445. The van der Waals surface area contributed by atoms with Crippen LogP contribution in [0.25, 0.3) is 4.85 Å². The minimum absolute atomic E-state index is 0.671. The second kappa shape index (κ2) is 4.74. The highest BCUT2D eigenvalue weighted by molar-refractivity contribution is 7.94. The van der Waals surface area contributed by atoms with E-state index >= 15 is 0 Å². The Balaban J connectivity index is 2.60. The Hall–Kier alpha value is -1.06. The largest absolute Gasteiger partial charge is 0.339 e. The fraction of sp³-hybridized carbons (Fsp3) is 0. The summed E-state index contributed by atoms with van der Waals surface area (Å²) < 4.78 is 4.20. The predicted octanol–water partition coefficient (Wildman–Crippen LogP) is 2.71. The third-order valence-electron chi connectivity index (χ3n) is 1.15. The molecule has 0 spiro atoms. The molecule has 0 fully saturated rings. The molecule has 0 saturated heterocycles. The van der Waals surface area contributed by atoms with Gasteiger partial charge >= 0.3 is 5.69 Å². The Morgan fingerprint density at radius 3 is 2.50 bits per heavy atom. The molecule has 1 N–H and O–H groups in total. The normalized spacial score (nSPS) is 9.33. The van der Waals surface area contributed by atoms with Crippen LogP contribution in [0.15, 0.2) is 29.2 Å². The second-order valence-corrected chi connectivity index (χ2v) is 2.62. The molecule has 0 unspecified atom stereocenters. The van der Waals surface area contributed by atoms with Gasteiger partial charge < -0.3 is 0 Å². The van der Waals surface area contributed by atoms with Crippen LogP contribution in [0, 0.1) is 6.57 Å². The average Bonchev–Trinajstić information content (AvgIpc) is 2.15. The fourth-order valence-electron chi connectivity index (χ4n) is 0.642. The van der Waals surface area contributed by atoms with Gasteiger partial charge in [-0.25, -0.2) is 5.26 Å². The first-order chi connectivity index (χ1) is 5.86. The lowest BCUT2D eigenvalue weighted by atomic mass is 10.3. The van der Waals surface area contributed by atoms with Crippen LogP contribution in [0.2, 0.25) is 0 Å². The molecule has 0 amide bonds. The first-order valence-corrected chi connectivity index (χ1v) is 3.76. The van der Waals surface area contributed by atoms with Gasteiger partial charge in [0.2, 0.25) is 0 Å². The third kappa shape index (κ3) is 2.53. The summed E-state index contributed by atoms with van der Waals surface area (Å²) in [5.41, 5.74) is 0.671. The maximum absolute atomic E-state index is 7.85. The molecule has 0 aliphatic heterocycles. The molecule has 1 aromatic carbocycles. The average molecular weight is 184 g/mol. The number of benzene rings is 1. The molecule has 62 valence electrons. The Bertz CT molecular complexity index is 280. The SMILES string of the molecule is C#[N+]c1ccc(SOOO)cc1. The van der Waals surface area contributed by atoms with E-state index in [0.717, 1.165) is 16.9 Å². The minimum Gasteiger partial charge on any atom is -0.220 e. The van der Waals surface area contributed by atoms with Gasteiger partial charge in [0.1, 0.15) is 0 Å². The number of rotatable bonds is 3. The summed E-state index contributed by atoms with van der Waals surface area (Å²) in [6.45, 7) is 5.02. The van der Waals surface area contributed by atoms with Crippen molar-refractivity contribution in [1.82, 2.24) is 0 Å². The Kier molecular flexibility index (Phi) is 3.57. The van der Waals surface area contributed by atoms with Gasteiger partial charge in [0.25, 0.3) is 6.57 Å². The third-order valence-corrected chi connectivity index (χ3v) is 1.74. The van der Waals surface area contributed by atoms with Gasteiger partial charge in [0.05, 0.1) is 12.0 Å². The zero-order chi connectivity index (χ0) is 8.81. The number of hydrogen-bond acceptors (Lipinski definition) is 4. The highest BCUT2D eigenvalue weighted by atomic mass is 32.2. The maximum Gasteiger partial charge on any atom is 0.339 e. The first-order valence-electron chi connectivity index (χ1n) is 3.02. The predicted molar refractivity (Wildman–Crippen MR) is 45.1 cm³/mol. The summed E-state index contributed by atoms with van der Waals surface area (Å²) in [5.74, 6) is 0. The van der Waals surface area contributed by atoms with E-state index in [1.54, 1.807) is 24.3 Å². The Morgan fingerprint density at radius 2 is 2.00 bits per heavy atom. The molecule has 0 aliphatic rings. The molecule has 1 rings (SSSR count). The molecule has 5 heteroatoms. The topological polar surface area (TPSA) is 43.0 Å². The van der Waals surface area contributed by atoms with Crippen LogP contribution in [-0.2, 0) is 9.37 Å². The molecule has 0 radical (unpaired) electrons. The van der Waals surface area contributed by atoms with Crippen LogP contribution in [0.1, 0.15) is 0 Å². The van der Waals surface area contributed by atoms with Crippen molar-refractivity contribution in [2.24, 2.45) is 0 Å². The zero-order valence-corrected chi connectivity index (χ0v) is 6.82. The summed E-state index contributed by atoms with van der Waals surface area (Å²) in [6, 6.07) is 6.89. The lowest BCUT2D eigenvalue weighted by molar-refractivity contribution is -0.432. The lowest BCUT2D eigenvalue weighted by Crippen LogP contribution is -1.77. The summed E-state index contributed by atoms with van der Waals surface area (Å²) in [6.07, 6.45) is 0. The molecule has 0 aromatic heterocycles. The fourth-order valence-corrected chi connectivity index (χ4v) is 0.998. The van der Waals surface area contributed by atoms with Crippen molar-refractivity contribution >= 4 is 17.7 Å². The smallest absolute Gasteiger partial charge is 0.220 e. The van der Waals surface area contributed by atoms with E-state index in [1.165, 1.54) is 0 Å². The van der Waals surface area contributed by atoms with E-state index in [9.17, 15) is 0 Å². The summed E-state index contributed by atoms with van der Waals surface area (Å²) in [5, 5.41) is 11.3. The highest BCUT2D eigenvalue weighted by Crippen LogP contribution is 2.21. The molecule has 0 saturated carbocycles. The van der Waals surface area contributed by atoms with Crippen LogP contribution in [0.4, 0.5) is 5.69 Å². The highest BCUT2D eigenvalue weighted by Gasteiger charge is 2.00. The van der Waals surface area contributed by atoms with Gasteiger partial charge in [0, 0.05) is 17.0 Å². The number of hydrogen-bond donors (Lipinski definition) is 1. The standard InChI is InChI=1S/C7H5NO3S/c1-8-6-2-4-7(5-3-6)12-11-10-9/h1-5H/p+1. The van der Waals surface area contributed by atoms with Gasteiger partial charge in [-0.1, -0.05) is 5.04 Å². The molecule has 12 heavy (non-hydrogen) atoms. The second-order valence-electron chi connectivity index (χ2n) is 1.85. The zero-order valence-electron chi connectivity index (χ0n) is 6.01. The summed E-state index contributed by atoms with van der Waals surface area (Å²) >= 11 is 0.885. The van der Waals surface area contributed by atoms with Crippen molar-refractivity contribution < 1.29 is 14.6 Å². The van der Waals surface area contributed by atoms with Crippen molar-refractivity contribution in [2.75, 3.05) is 0 Å². The monoisotopic (exact) mass is 184 g/mol. The van der Waals surface area contributed by atoms with Crippen molar-refractivity contribution in [3.63, 3.8) is 0 Å². The van der Waals surface area contributed by atoms with Crippen LogP contribution in [0.3, 0.4) is 0 Å². The van der Waals surface area contributed by atoms with E-state index < -0.39 is 0 Å². The van der Waals surface area contributed by atoms with Gasteiger partial charge in [-0.3, -0.25) is 0 Å². The van der Waals surface area contributed by atoms with Crippen LogP contribution >= 0.6 is 12.0 Å². The van der Waals surface area contributed by atoms with Gasteiger partial charge in [-0.15, -0.1) is 4.33 Å². The van der Waals surface area contributed by atoms with E-state index in [0.29, 0.717) is 5.69 Å². The van der Waals surface area contributed by atoms with Crippen LogP contribution < -0.4 is 0 Å². The Labute approximate surface area is 73.6 Å². The molecule has 0 atom stereocenters. The molecular weight excluding hydrogens is 178 g/mol. The first kappa shape index (κ1) is 9.03. The van der Waals surface area contributed by atoms with Gasteiger partial charge in [-0.05, 0) is 17.0 Å². The van der Waals surface area contributed by atoms with Crippen molar-refractivity contribution in [3.05, 3.63) is 29.1 Å².